The highest BCUT2D eigenvalue weighted by Gasteiger charge is 2.61. The maximum atomic E-state index is 13.7. The minimum Gasteiger partial charge on any atom is -0.426 e. The number of alkyl halides is 5. The third-order valence-corrected chi connectivity index (χ3v) is 5.80. The van der Waals surface area contributed by atoms with Gasteiger partial charge in [-0.05, 0) is 65.7 Å². The fraction of sp³-hybridized carbons (Fsp3) is 0.185. The van der Waals surface area contributed by atoms with Crippen LogP contribution in [0.25, 0.3) is 17.1 Å². The number of hydrogen-bond donors (Lipinski definition) is 2. The van der Waals surface area contributed by atoms with Gasteiger partial charge in [0.15, 0.2) is 10.9 Å². The minimum atomic E-state index is -5.84. The number of halogens is 6. The van der Waals surface area contributed by atoms with E-state index in [1.165, 1.54) is 41.5 Å². The van der Waals surface area contributed by atoms with E-state index >= 15 is 0 Å². The number of anilines is 1. The Morgan fingerprint density at radius 1 is 1.00 bits per heavy atom. The number of aromatic nitrogens is 3. The van der Waals surface area contributed by atoms with Gasteiger partial charge in [0.25, 0.3) is 0 Å². The molecule has 14 heteroatoms. The Morgan fingerprint density at radius 2 is 1.68 bits per heavy atom. The average Bonchev–Trinajstić information content (AvgIpc) is 3.39. The molecule has 41 heavy (non-hydrogen) atoms. The molecule has 4 rings (SSSR count). The van der Waals surface area contributed by atoms with Gasteiger partial charge < -0.3 is 10.1 Å². The van der Waals surface area contributed by atoms with Crippen molar-refractivity contribution in [3.05, 3.63) is 90.0 Å². The molecular formula is C27H22F6N6OS. The molecule has 2 N–H and O–H groups in total. The summed E-state index contributed by atoms with van der Waals surface area (Å²) in [4.78, 5) is 4.21. The molecule has 0 saturated carbocycles. The van der Waals surface area contributed by atoms with Crippen molar-refractivity contribution in [3.63, 3.8) is 0 Å². The molecule has 0 unspecified atom stereocenters. The number of nitrogens with one attached hydrogen (secondary N) is 2. The molecular weight excluding hydrogens is 570 g/mol. The first-order valence-corrected chi connectivity index (χ1v) is 12.4. The molecule has 1 heterocycles. The van der Waals surface area contributed by atoms with Crippen LogP contribution in [0.15, 0.2) is 78.2 Å². The summed E-state index contributed by atoms with van der Waals surface area (Å²) in [7, 11) is 0. The van der Waals surface area contributed by atoms with Gasteiger partial charge in [0.2, 0.25) is 0 Å². The Bertz CT molecular complexity index is 1540. The SMILES string of the molecule is CC(C)c1ccc(F)cc1NC(=S)NN=Cc1ccc(-c2ncn(-c3ccc(OC(F)(F)C(F)(F)F)cc3)n2)cc1. The van der Waals surface area contributed by atoms with Gasteiger partial charge in [0.05, 0.1) is 11.9 Å². The van der Waals surface area contributed by atoms with Crippen molar-refractivity contribution in [1.82, 2.24) is 20.2 Å². The molecule has 1 aromatic heterocycles. The summed E-state index contributed by atoms with van der Waals surface area (Å²) in [6.45, 7) is 3.97. The van der Waals surface area contributed by atoms with Crippen molar-refractivity contribution in [2.45, 2.75) is 32.1 Å². The summed E-state index contributed by atoms with van der Waals surface area (Å²) in [6, 6.07) is 15.9. The minimum absolute atomic E-state index is 0.159. The second-order valence-corrected chi connectivity index (χ2v) is 9.36. The lowest BCUT2D eigenvalue weighted by molar-refractivity contribution is -0.360. The van der Waals surface area contributed by atoms with E-state index in [0.717, 1.165) is 23.3 Å². The van der Waals surface area contributed by atoms with Crippen molar-refractivity contribution in [2.75, 3.05) is 5.32 Å². The van der Waals surface area contributed by atoms with Crippen LogP contribution in [0.3, 0.4) is 0 Å². The molecule has 0 amide bonds. The molecule has 0 aliphatic rings. The summed E-state index contributed by atoms with van der Waals surface area (Å²) in [5.41, 5.74) is 5.89. The van der Waals surface area contributed by atoms with Gasteiger partial charge in [-0.3, -0.25) is 5.43 Å². The smallest absolute Gasteiger partial charge is 0.426 e. The average molecular weight is 593 g/mol. The highest BCUT2D eigenvalue weighted by atomic mass is 32.1. The Balaban J connectivity index is 1.35. The lowest BCUT2D eigenvalue weighted by Crippen LogP contribution is -2.41. The second-order valence-electron chi connectivity index (χ2n) is 8.96. The van der Waals surface area contributed by atoms with E-state index in [1.54, 1.807) is 30.3 Å². The summed E-state index contributed by atoms with van der Waals surface area (Å²) in [6.07, 6.45) is -8.25. The summed E-state index contributed by atoms with van der Waals surface area (Å²) in [5, 5.41) is 11.5. The molecule has 0 spiro atoms. The van der Waals surface area contributed by atoms with Gasteiger partial charge in [-0.1, -0.05) is 44.2 Å². The van der Waals surface area contributed by atoms with E-state index < -0.39 is 18.0 Å². The third kappa shape index (κ3) is 7.39. The third-order valence-electron chi connectivity index (χ3n) is 5.60. The molecule has 0 aliphatic carbocycles. The largest absolute Gasteiger partial charge is 0.499 e. The molecule has 3 aromatic carbocycles. The maximum Gasteiger partial charge on any atom is 0.499 e. The Hall–Kier alpha value is -4.46. The van der Waals surface area contributed by atoms with Crippen LogP contribution >= 0.6 is 12.2 Å². The first-order valence-electron chi connectivity index (χ1n) is 12.0. The number of nitrogens with zero attached hydrogens (tertiary/aromatic N) is 4. The maximum absolute atomic E-state index is 13.7. The highest BCUT2D eigenvalue weighted by molar-refractivity contribution is 7.80. The topological polar surface area (TPSA) is 76.4 Å². The number of rotatable bonds is 8. The van der Waals surface area contributed by atoms with Crippen LogP contribution in [-0.4, -0.2) is 38.4 Å². The number of hydrogen-bond acceptors (Lipinski definition) is 5. The van der Waals surface area contributed by atoms with Gasteiger partial charge in [-0.25, -0.2) is 14.1 Å². The Kier molecular flexibility index (Phi) is 8.61. The summed E-state index contributed by atoms with van der Waals surface area (Å²) >= 11 is 5.25. The lowest BCUT2D eigenvalue weighted by Gasteiger charge is -2.20. The molecule has 4 aromatic rings. The normalized spacial score (nSPS) is 12.1. The van der Waals surface area contributed by atoms with Crippen molar-refractivity contribution >= 4 is 29.2 Å². The molecule has 0 aliphatic heterocycles. The Morgan fingerprint density at radius 3 is 2.32 bits per heavy atom. The van der Waals surface area contributed by atoms with Gasteiger partial charge in [-0.15, -0.1) is 5.10 Å². The molecule has 0 fully saturated rings. The molecule has 0 radical (unpaired) electrons. The zero-order valence-electron chi connectivity index (χ0n) is 21.5. The van der Waals surface area contributed by atoms with E-state index in [4.69, 9.17) is 12.2 Å². The zero-order valence-corrected chi connectivity index (χ0v) is 22.3. The van der Waals surface area contributed by atoms with Crippen molar-refractivity contribution < 1.29 is 31.1 Å². The predicted octanol–water partition coefficient (Wildman–Crippen LogP) is 7.05. The molecule has 0 atom stereocenters. The predicted molar refractivity (Wildman–Crippen MR) is 146 cm³/mol. The monoisotopic (exact) mass is 592 g/mol. The second kappa shape index (κ2) is 12.0. The van der Waals surface area contributed by atoms with Crippen LogP contribution in [-0.2, 0) is 0 Å². The first kappa shape index (κ1) is 29.5. The van der Waals surface area contributed by atoms with Gasteiger partial charge in [0, 0.05) is 11.3 Å². The van der Waals surface area contributed by atoms with Crippen molar-refractivity contribution in [1.29, 1.82) is 0 Å². The molecule has 0 bridgehead atoms. The van der Waals surface area contributed by atoms with Crippen molar-refractivity contribution in [2.24, 2.45) is 5.10 Å². The Labute approximate surface area is 235 Å². The fourth-order valence-corrected chi connectivity index (χ4v) is 3.73. The fourth-order valence-electron chi connectivity index (χ4n) is 3.57. The van der Waals surface area contributed by atoms with E-state index in [0.29, 0.717) is 22.8 Å². The van der Waals surface area contributed by atoms with E-state index in [1.807, 2.05) is 13.8 Å². The van der Waals surface area contributed by atoms with E-state index in [2.05, 4.69) is 30.7 Å². The molecule has 7 nitrogen and oxygen atoms in total. The quantitative estimate of drug-likeness (QED) is 0.0989. The van der Waals surface area contributed by atoms with Crippen LogP contribution in [0, 0.1) is 5.82 Å². The van der Waals surface area contributed by atoms with Crippen LogP contribution in [0.2, 0.25) is 0 Å². The number of hydrazone groups is 1. The summed E-state index contributed by atoms with van der Waals surface area (Å²) in [5.74, 6) is -0.542. The zero-order chi connectivity index (χ0) is 29.8. The molecule has 0 saturated heterocycles. The number of thiocarbonyl (C=S) groups is 1. The van der Waals surface area contributed by atoms with Crippen LogP contribution in [0.5, 0.6) is 5.75 Å². The number of ether oxygens (including phenoxy) is 1. The van der Waals surface area contributed by atoms with E-state index in [9.17, 15) is 26.3 Å². The van der Waals surface area contributed by atoms with Crippen molar-refractivity contribution in [3.8, 4) is 22.8 Å². The van der Waals surface area contributed by atoms with Crippen LogP contribution < -0.4 is 15.5 Å². The first-order chi connectivity index (χ1) is 19.3. The lowest BCUT2D eigenvalue weighted by atomic mass is 10.0. The van der Waals surface area contributed by atoms with Crippen LogP contribution in [0.1, 0.15) is 30.9 Å². The van der Waals surface area contributed by atoms with Gasteiger partial charge in [-0.2, -0.15) is 27.1 Å². The van der Waals surface area contributed by atoms with Gasteiger partial charge >= 0.3 is 12.3 Å². The molecule has 214 valence electrons. The number of benzene rings is 3. The van der Waals surface area contributed by atoms with Crippen LogP contribution in [0.4, 0.5) is 32.0 Å². The standard InChI is InChI=1S/C27H22F6N6OS/c1-16(2)22-12-7-19(28)13-23(22)36-25(41)37-35-14-17-3-5-18(6-4-17)24-34-15-39(38-24)20-8-10-21(11-9-20)40-27(32,33)26(29,30)31/h3-16H,1-2H3,(H2,36,37,41). The summed E-state index contributed by atoms with van der Waals surface area (Å²) < 4.78 is 82.0. The van der Waals surface area contributed by atoms with E-state index in [-0.39, 0.29) is 16.8 Å². The van der Waals surface area contributed by atoms with Gasteiger partial charge in [0.1, 0.15) is 17.9 Å². The highest BCUT2D eigenvalue weighted by Crippen LogP contribution is 2.37.